The van der Waals surface area contributed by atoms with E-state index < -0.39 is 0 Å². The summed E-state index contributed by atoms with van der Waals surface area (Å²) in [4.78, 5) is 0.529. The fourth-order valence-electron chi connectivity index (χ4n) is 1.49. The van der Waals surface area contributed by atoms with Gasteiger partial charge in [0.1, 0.15) is 6.17 Å². The van der Waals surface area contributed by atoms with E-state index in [1.54, 1.807) is 30.1 Å². The second kappa shape index (κ2) is 13.7. The van der Waals surface area contributed by atoms with Crippen LogP contribution in [0.25, 0.3) is 0 Å². The average molecular weight is 501 g/mol. The van der Waals surface area contributed by atoms with Gasteiger partial charge in [-0.05, 0) is 12.1 Å². The Bertz CT molecular complexity index is 472. The van der Waals surface area contributed by atoms with E-state index in [-0.39, 0.29) is 6.17 Å². The Labute approximate surface area is 173 Å². The quantitative estimate of drug-likeness (QED) is 0.288. The number of hydrogen-bond donors (Lipinski definition) is 1. The topological polar surface area (TPSA) is 18.5 Å². The molecule has 1 aliphatic heterocycles. The molecule has 0 fully saturated rings. The van der Waals surface area contributed by atoms with Crippen molar-refractivity contribution in [3.05, 3.63) is 40.6 Å². The Hall–Kier alpha value is 0.453. The van der Waals surface area contributed by atoms with Gasteiger partial charge < -0.3 is 12.6 Å². The summed E-state index contributed by atoms with van der Waals surface area (Å²) in [5.74, 6) is 0.592. The maximum atomic E-state index is 5.78. The van der Waals surface area contributed by atoms with Crippen molar-refractivity contribution >= 4 is 64.0 Å². The molecule has 0 aliphatic carbocycles. The Morgan fingerprint density at radius 3 is 2.22 bits per heavy atom. The molecule has 1 atom stereocenters. The van der Waals surface area contributed by atoms with Crippen LogP contribution in [0.2, 0.25) is 10.0 Å². The van der Waals surface area contributed by atoms with Gasteiger partial charge in [-0.15, -0.1) is 16.5 Å². The number of alkyl halides is 1. The van der Waals surface area contributed by atoms with E-state index in [2.05, 4.69) is 27.6 Å². The van der Waals surface area contributed by atoms with E-state index in [9.17, 15) is 0 Å². The maximum Gasteiger partial charge on any atom is 0.0229 e. The molecule has 0 saturated carbocycles. The Kier molecular flexibility index (Phi) is 14.0. The Morgan fingerprint density at radius 1 is 1.35 bits per heavy atom. The average Bonchev–Trinajstić information content (AvgIpc) is 2.96. The van der Waals surface area contributed by atoms with E-state index in [0.29, 0.717) is 20.8 Å². The Morgan fingerprint density at radius 2 is 1.87 bits per heavy atom. The number of hydrazine groups is 1. The fraction of sp³-hybridized carbons (Fsp3) is 0.357. The molecule has 0 saturated heterocycles. The summed E-state index contributed by atoms with van der Waals surface area (Å²) in [5.41, 5.74) is 3.04. The third kappa shape index (κ3) is 8.39. The first-order valence-electron chi connectivity index (χ1n) is 6.46. The molecule has 1 heterocycles. The zero-order valence-corrected chi connectivity index (χ0v) is 18.6. The van der Waals surface area contributed by atoms with Gasteiger partial charge in [-0.2, -0.15) is 0 Å². The summed E-state index contributed by atoms with van der Waals surface area (Å²) >= 11 is 25.9. The second-order valence-electron chi connectivity index (χ2n) is 3.86. The Balaban J connectivity index is 0.000000365. The van der Waals surface area contributed by atoms with Gasteiger partial charge in [0.05, 0.1) is 5.88 Å². The first-order valence-corrected chi connectivity index (χ1v) is 10.3. The first kappa shape index (κ1) is 23.5. The van der Waals surface area contributed by atoms with E-state index in [4.69, 9.17) is 47.4 Å². The smallest absolute Gasteiger partial charge is 0.0229 e. The molecule has 0 spiro atoms. The third-order valence-electron chi connectivity index (χ3n) is 2.52. The summed E-state index contributed by atoms with van der Waals surface area (Å²) in [5, 5.41) is 3.05. The molecule has 3 nitrogen and oxygen atoms in total. The van der Waals surface area contributed by atoms with E-state index >= 15 is 0 Å². The van der Waals surface area contributed by atoms with Crippen molar-refractivity contribution in [2.45, 2.75) is 18.0 Å². The van der Waals surface area contributed by atoms with Gasteiger partial charge in [0.15, 0.2) is 0 Å². The summed E-state index contributed by atoms with van der Waals surface area (Å²) < 4.78 is 4.03. The number of benzene rings is 1. The van der Waals surface area contributed by atoms with E-state index in [1.807, 2.05) is 42.2 Å². The van der Waals surface area contributed by atoms with Crippen LogP contribution < -0.4 is 5.43 Å². The zero-order valence-electron chi connectivity index (χ0n) is 12.9. The summed E-state index contributed by atoms with van der Waals surface area (Å²) in [6.45, 7) is 1.97. The third-order valence-corrected chi connectivity index (χ3v) is 4.87. The summed E-state index contributed by atoms with van der Waals surface area (Å²) in [6, 6.07) is 5.20. The second-order valence-corrected chi connectivity index (χ2v) is 7.18. The molecular weight excluding hydrogens is 482 g/mol. The van der Waals surface area contributed by atoms with Crippen LogP contribution in [0.4, 0.5) is 0 Å². The van der Waals surface area contributed by atoms with Crippen molar-refractivity contribution in [3.8, 4) is 0 Å². The van der Waals surface area contributed by atoms with Crippen LogP contribution in [-0.4, -0.2) is 39.3 Å². The minimum Gasteiger partial charge on any atom is -0.777 e. The van der Waals surface area contributed by atoms with E-state index in [1.165, 1.54) is 0 Å². The number of nitrogens with zero attached hydrogens (tertiary/aromatic N) is 2. The molecule has 0 aromatic heterocycles. The monoisotopic (exact) mass is 500 g/mol. The molecule has 131 valence electrons. The number of nitrogens with one attached hydrogen (secondary N) is 1. The molecule has 2 rings (SSSR count). The molecule has 1 aromatic carbocycles. The molecule has 0 bridgehead atoms. The SMILES string of the molecule is CNN1C=CN(SC)C1CCl.C[CH]=[Ru+].[S-]c1c(Cl)cccc1Cl. The van der Waals surface area contributed by atoms with Crippen molar-refractivity contribution in [1.29, 1.82) is 0 Å². The normalized spacial score (nSPS) is 15.5. The molecule has 9 heteroatoms. The molecule has 1 aromatic rings. The van der Waals surface area contributed by atoms with Gasteiger partial charge in [-0.1, -0.05) is 41.2 Å². The fourth-order valence-corrected chi connectivity index (χ4v) is 3.00. The summed E-state index contributed by atoms with van der Waals surface area (Å²) in [6.07, 6.45) is 6.25. The molecule has 1 aliphatic rings. The van der Waals surface area contributed by atoms with Crippen LogP contribution in [0, 0.1) is 0 Å². The number of halogens is 3. The van der Waals surface area contributed by atoms with Gasteiger partial charge >= 0.3 is 29.4 Å². The summed E-state index contributed by atoms with van der Waals surface area (Å²) in [7, 11) is 1.88. The van der Waals surface area contributed by atoms with Crippen molar-refractivity contribution in [3.63, 3.8) is 0 Å². The molecule has 1 unspecified atom stereocenters. The van der Waals surface area contributed by atoms with Crippen molar-refractivity contribution < 1.29 is 17.9 Å². The van der Waals surface area contributed by atoms with Crippen molar-refractivity contribution in [2.24, 2.45) is 0 Å². The van der Waals surface area contributed by atoms with Gasteiger partial charge in [0.2, 0.25) is 0 Å². The van der Waals surface area contributed by atoms with Gasteiger partial charge in [0, 0.05) is 35.7 Å². The van der Waals surface area contributed by atoms with Crippen LogP contribution >= 0.6 is 46.8 Å². The minimum absolute atomic E-state index is 0.233. The van der Waals surface area contributed by atoms with Crippen LogP contribution in [-0.2, 0) is 30.5 Å². The number of rotatable bonds is 3. The van der Waals surface area contributed by atoms with E-state index in [0.717, 1.165) is 0 Å². The molecule has 0 radical (unpaired) electrons. The van der Waals surface area contributed by atoms with Gasteiger partial charge in [0.25, 0.3) is 0 Å². The van der Waals surface area contributed by atoms with Crippen LogP contribution in [0.5, 0.6) is 0 Å². The molecule has 1 N–H and O–H groups in total. The van der Waals surface area contributed by atoms with Gasteiger partial charge in [-0.25, -0.2) is 5.43 Å². The molecular formula is C14H19Cl3N3RuS2. The molecule has 0 amide bonds. The predicted molar refractivity (Wildman–Crippen MR) is 104 cm³/mol. The largest absolute Gasteiger partial charge is 0.777 e. The van der Waals surface area contributed by atoms with Crippen LogP contribution in [0.15, 0.2) is 35.5 Å². The molecule has 23 heavy (non-hydrogen) atoms. The standard InChI is InChI=1S/C6H4Cl2S.C6H12ClN3S.C2H4.Ru/c7-4-2-1-3-5(8)6(4)9;1-8-9-3-4-10(11-2)6(9)5-7;1-2;/h1-3,9H;3-4,6,8H,5H2,1-2H3;1H,2H3;/q;;;+1/p-1. The van der Waals surface area contributed by atoms with Crippen LogP contribution in [0.1, 0.15) is 6.92 Å². The minimum atomic E-state index is 0.233. The van der Waals surface area contributed by atoms with Gasteiger partial charge in [-0.3, -0.25) is 9.31 Å². The number of hydrogen-bond acceptors (Lipinski definition) is 5. The first-order chi connectivity index (χ1) is 11.0. The van der Waals surface area contributed by atoms with Crippen molar-refractivity contribution in [2.75, 3.05) is 19.2 Å². The van der Waals surface area contributed by atoms with Crippen LogP contribution in [0.3, 0.4) is 0 Å². The maximum absolute atomic E-state index is 5.78. The zero-order chi connectivity index (χ0) is 17.8. The van der Waals surface area contributed by atoms with Crippen molar-refractivity contribution in [1.82, 2.24) is 14.7 Å². The predicted octanol–water partition coefficient (Wildman–Crippen LogP) is 4.31.